The average Bonchev–Trinajstić information content (AvgIpc) is 2.36. The topological polar surface area (TPSA) is 26.3 Å². The van der Waals surface area contributed by atoms with Gasteiger partial charge in [-0.3, -0.25) is 4.79 Å². The summed E-state index contributed by atoms with van der Waals surface area (Å²) in [5.41, 5.74) is 0. The Kier molecular flexibility index (Phi) is 7.30. The minimum atomic E-state index is -0.0525. The summed E-state index contributed by atoms with van der Waals surface area (Å²) in [5.74, 6) is 1.69. The fourth-order valence-corrected chi connectivity index (χ4v) is 2.86. The molecule has 0 aromatic heterocycles. The number of hydrogen-bond acceptors (Lipinski definition) is 2. The lowest BCUT2D eigenvalue weighted by atomic mass is 9.78. The van der Waals surface area contributed by atoms with Gasteiger partial charge in [-0.25, -0.2) is 0 Å². The van der Waals surface area contributed by atoms with E-state index in [1.807, 2.05) is 6.92 Å². The van der Waals surface area contributed by atoms with E-state index in [0.717, 1.165) is 18.3 Å². The molecule has 1 saturated carbocycles. The van der Waals surface area contributed by atoms with E-state index in [2.05, 4.69) is 6.92 Å². The molecule has 2 nitrogen and oxygen atoms in total. The van der Waals surface area contributed by atoms with E-state index in [1.165, 1.54) is 44.9 Å². The van der Waals surface area contributed by atoms with Gasteiger partial charge in [-0.05, 0) is 24.7 Å². The van der Waals surface area contributed by atoms with Gasteiger partial charge in [0.05, 0.1) is 6.61 Å². The second-order valence-electron chi connectivity index (χ2n) is 5.40. The molecule has 0 aliphatic heterocycles. The molecule has 1 fully saturated rings. The Balaban J connectivity index is 2.13. The van der Waals surface area contributed by atoms with Crippen LogP contribution in [0, 0.1) is 11.8 Å². The second kappa shape index (κ2) is 8.54. The van der Waals surface area contributed by atoms with Crippen molar-refractivity contribution in [2.75, 3.05) is 6.61 Å². The van der Waals surface area contributed by atoms with E-state index in [1.54, 1.807) is 0 Å². The Morgan fingerprint density at radius 3 is 2.53 bits per heavy atom. The van der Waals surface area contributed by atoms with Gasteiger partial charge in [-0.2, -0.15) is 0 Å². The fraction of sp³-hybridized carbons (Fsp3) is 0.933. The minimum Gasteiger partial charge on any atom is -0.466 e. The van der Waals surface area contributed by atoms with E-state index in [0.29, 0.717) is 13.0 Å². The third kappa shape index (κ3) is 6.09. The molecule has 0 radical (unpaired) electrons. The number of ether oxygens (including phenoxy) is 1. The predicted molar refractivity (Wildman–Crippen MR) is 70.8 cm³/mol. The van der Waals surface area contributed by atoms with Crippen molar-refractivity contribution in [3.05, 3.63) is 0 Å². The molecule has 0 saturated heterocycles. The first kappa shape index (κ1) is 14.5. The molecule has 2 heteroatoms. The van der Waals surface area contributed by atoms with Gasteiger partial charge in [0.1, 0.15) is 0 Å². The van der Waals surface area contributed by atoms with Gasteiger partial charge in [0, 0.05) is 6.42 Å². The maximum atomic E-state index is 11.0. The Labute approximate surface area is 106 Å². The Hall–Kier alpha value is -0.530. The van der Waals surface area contributed by atoms with Crippen molar-refractivity contribution in [3.63, 3.8) is 0 Å². The van der Waals surface area contributed by atoms with Gasteiger partial charge in [0.15, 0.2) is 0 Å². The molecule has 100 valence electrons. The molecule has 1 aliphatic rings. The van der Waals surface area contributed by atoms with Gasteiger partial charge < -0.3 is 4.74 Å². The summed E-state index contributed by atoms with van der Waals surface area (Å²) >= 11 is 0. The predicted octanol–water partition coefficient (Wildman–Crippen LogP) is 4.33. The maximum absolute atomic E-state index is 11.0. The van der Waals surface area contributed by atoms with E-state index >= 15 is 0 Å². The van der Waals surface area contributed by atoms with Crippen molar-refractivity contribution >= 4 is 5.97 Å². The highest BCUT2D eigenvalue weighted by atomic mass is 16.5. The largest absolute Gasteiger partial charge is 0.466 e. The van der Waals surface area contributed by atoms with Crippen molar-refractivity contribution < 1.29 is 9.53 Å². The summed E-state index contributed by atoms with van der Waals surface area (Å²) in [7, 11) is 0. The van der Waals surface area contributed by atoms with Crippen molar-refractivity contribution in [2.45, 2.75) is 71.6 Å². The number of unbranched alkanes of at least 4 members (excludes halogenated alkanes) is 1. The molecule has 0 heterocycles. The van der Waals surface area contributed by atoms with Gasteiger partial charge in [0.2, 0.25) is 0 Å². The smallest absolute Gasteiger partial charge is 0.305 e. The van der Waals surface area contributed by atoms with E-state index in [-0.39, 0.29) is 5.97 Å². The van der Waals surface area contributed by atoms with Crippen molar-refractivity contribution in [2.24, 2.45) is 11.8 Å². The van der Waals surface area contributed by atoms with Crippen LogP contribution in [-0.2, 0) is 9.53 Å². The van der Waals surface area contributed by atoms with Crippen molar-refractivity contribution in [1.82, 2.24) is 0 Å². The Bertz CT molecular complexity index is 213. The van der Waals surface area contributed by atoms with Gasteiger partial charge in [-0.15, -0.1) is 0 Å². The highest BCUT2D eigenvalue weighted by molar-refractivity contribution is 5.68. The third-order valence-corrected chi connectivity index (χ3v) is 3.94. The lowest BCUT2D eigenvalue weighted by molar-refractivity contribution is -0.143. The van der Waals surface area contributed by atoms with Crippen LogP contribution in [0.5, 0.6) is 0 Å². The first-order chi connectivity index (χ1) is 8.26. The van der Waals surface area contributed by atoms with Crippen LogP contribution in [0.4, 0.5) is 0 Å². The number of rotatable bonds is 7. The summed E-state index contributed by atoms with van der Waals surface area (Å²) in [4.78, 5) is 11.0. The molecule has 1 rings (SSSR count). The SMILES string of the molecule is CCCCC1CCCC(CCOC(=O)CC)C1. The van der Waals surface area contributed by atoms with E-state index in [4.69, 9.17) is 4.74 Å². The molecule has 0 aromatic carbocycles. The minimum absolute atomic E-state index is 0.0525. The third-order valence-electron chi connectivity index (χ3n) is 3.94. The average molecular weight is 240 g/mol. The molecule has 2 atom stereocenters. The molecule has 17 heavy (non-hydrogen) atoms. The monoisotopic (exact) mass is 240 g/mol. The Morgan fingerprint density at radius 2 is 1.88 bits per heavy atom. The van der Waals surface area contributed by atoms with Crippen molar-refractivity contribution in [1.29, 1.82) is 0 Å². The first-order valence-electron chi connectivity index (χ1n) is 7.41. The molecule has 2 unspecified atom stereocenters. The maximum Gasteiger partial charge on any atom is 0.305 e. The zero-order valence-corrected chi connectivity index (χ0v) is 11.5. The summed E-state index contributed by atoms with van der Waals surface area (Å²) in [5, 5.41) is 0. The number of esters is 1. The first-order valence-corrected chi connectivity index (χ1v) is 7.41. The molecule has 0 bridgehead atoms. The van der Waals surface area contributed by atoms with Crippen LogP contribution in [0.25, 0.3) is 0 Å². The Morgan fingerprint density at radius 1 is 1.18 bits per heavy atom. The summed E-state index contributed by atoms with van der Waals surface area (Å²) < 4.78 is 5.17. The fourth-order valence-electron chi connectivity index (χ4n) is 2.86. The van der Waals surface area contributed by atoms with E-state index in [9.17, 15) is 4.79 Å². The van der Waals surface area contributed by atoms with E-state index < -0.39 is 0 Å². The van der Waals surface area contributed by atoms with Gasteiger partial charge in [-0.1, -0.05) is 52.4 Å². The van der Waals surface area contributed by atoms with Gasteiger partial charge >= 0.3 is 5.97 Å². The molecular formula is C15H28O2. The number of carbonyl (C=O) groups excluding carboxylic acids is 1. The van der Waals surface area contributed by atoms with Crippen LogP contribution in [0.15, 0.2) is 0 Å². The second-order valence-corrected chi connectivity index (χ2v) is 5.40. The summed E-state index contributed by atoms with van der Waals surface area (Å²) in [6.45, 7) is 4.76. The highest BCUT2D eigenvalue weighted by Gasteiger charge is 2.21. The molecule has 0 N–H and O–H groups in total. The van der Waals surface area contributed by atoms with Crippen LogP contribution < -0.4 is 0 Å². The van der Waals surface area contributed by atoms with Crippen molar-refractivity contribution in [3.8, 4) is 0 Å². The normalized spacial score (nSPS) is 24.6. The summed E-state index contributed by atoms with van der Waals surface area (Å²) in [6, 6.07) is 0. The van der Waals surface area contributed by atoms with Crippen LogP contribution in [0.1, 0.15) is 71.6 Å². The molecule has 1 aliphatic carbocycles. The lowest BCUT2D eigenvalue weighted by Crippen LogP contribution is -2.18. The zero-order valence-electron chi connectivity index (χ0n) is 11.5. The van der Waals surface area contributed by atoms with Crippen LogP contribution >= 0.6 is 0 Å². The summed E-state index contributed by atoms with van der Waals surface area (Å²) in [6.07, 6.45) is 11.2. The molecule has 0 aromatic rings. The molecule has 0 amide bonds. The van der Waals surface area contributed by atoms with Crippen LogP contribution in [0.3, 0.4) is 0 Å². The number of carbonyl (C=O) groups is 1. The lowest BCUT2D eigenvalue weighted by Gasteiger charge is -2.29. The zero-order chi connectivity index (χ0) is 12.5. The highest BCUT2D eigenvalue weighted by Crippen LogP contribution is 2.33. The van der Waals surface area contributed by atoms with Gasteiger partial charge in [0.25, 0.3) is 0 Å². The quantitative estimate of drug-likeness (QED) is 0.619. The van der Waals surface area contributed by atoms with Crippen LogP contribution in [0.2, 0.25) is 0 Å². The van der Waals surface area contributed by atoms with Crippen LogP contribution in [-0.4, -0.2) is 12.6 Å². The molecular weight excluding hydrogens is 212 g/mol. The molecule has 0 spiro atoms. The standard InChI is InChI=1S/C15H28O2/c1-3-5-7-13-8-6-9-14(12-13)10-11-17-15(16)4-2/h13-14H,3-12H2,1-2H3. The number of hydrogen-bond donors (Lipinski definition) is 0.